The van der Waals surface area contributed by atoms with E-state index in [0.29, 0.717) is 31.5 Å². The van der Waals surface area contributed by atoms with E-state index in [9.17, 15) is 15.0 Å². The van der Waals surface area contributed by atoms with E-state index in [1.165, 1.54) is 0 Å². The van der Waals surface area contributed by atoms with Crippen LogP contribution in [0.1, 0.15) is 42.1 Å². The van der Waals surface area contributed by atoms with Crippen LogP contribution in [0.3, 0.4) is 0 Å². The fourth-order valence-electron chi connectivity index (χ4n) is 2.46. The molecule has 0 spiro atoms. The van der Waals surface area contributed by atoms with Crippen molar-refractivity contribution in [3.05, 3.63) is 29.3 Å². The minimum absolute atomic E-state index is 0.0200. The summed E-state index contributed by atoms with van der Waals surface area (Å²) in [6.45, 7) is 4.86. The molecule has 19 heavy (non-hydrogen) atoms. The van der Waals surface area contributed by atoms with Crippen molar-refractivity contribution in [1.82, 2.24) is 4.90 Å². The van der Waals surface area contributed by atoms with E-state index in [1.807, 2.05) is 13.8 Å². The van der Waals surface area contributed by atoms with Crippen molar-refractivity contribution in [3.63, 3.8) is 0 Å². The number of aryl methyl sites for hydroxylation is 1. The van der Waals surface area contributed by atoms with E-state index in [1.54, 1.807) is 23.1 Å². The summed E-state index contributed by atoms with van der Waals surface area (Å²) in [7, 11) is 0. The maximum absolute atomic E-state index is 12.4. The van der Waals surface area contributed by atoms with Crippen molar-refractivity contribution in [2.45, 2.75) is 38.7 Å². The molecule has 0 aliphatic carbocycles. The van der Waals surface area contributed by atoms with Crippen LogP contribution in [0.5, 0.6) is 5.75 Å². The fourth-order valence-corrected chi connectivity index (χ4v) is 2.46. The van der Waals surface area contributed by atoms with Crippen LogP contribution in [0, 0.1) is 6.92 Å². The number of benzene rings is 1. The van der Waals surface area contributed by atoms with E-state index >= 15 is 0 Å². The number of aromatic hydroxyl groups is 1. The van der Waals surface area contributed by atoms with Gasteiger partial charge >= 0.3 is 0 Å². The van der Waals surface area contributed by atoms with Crippen molar-refractivity contribution in [2.75, 3.05) is 13.1 Å². The summed E-state index contributed by atoms with van der Waals surface area (Å²) in [6, 6.07) is 5.04. The first-order valence-electron chi connectivity index (χ1n) is 6.70. The van der Waals surface area contributed by atoms with Crippen LogP contribution in [0.4, 0.5) is 0 Å². The molecule has 0 radical (unpaired) electrons. The quantitative estimate of drug-likeness (QED) is 0.815. The number of nitrogens with zero attached hydrogens (tertiary/aromatic N) is 1. The lowest BCUT2D eigenvalue weighted by molar-refractivity contribution is 0.0437. The Kier molecular flexibility index (Phi) is 3.80. The van der Waals surface area contributed by atoms with Gasteiger partial charge in [-0.1, -0.05) is 11.6 Å². The number of rotatable bonds is 1. The maximum Gasteiger partial charge on any atom is 0.257 e. The first-order valence-corrected chi connectivity index (χ1v) is 6.70. The molecule has 1 aliphatic heterocycles. The Morgan fingerprint density at radius 2 is 2.05 bits per heavy atom. The van der Waals surface area contributed by atoms with Crippen molar-refractivity contribution >= 4 is 5.91 Å². The minimum atomic E-state index is -0.691. The number of carbonyl (C=O) groups is 1. The van der Waals surface area contributed by atoms with Crippen molar-refractivity contribution < 1.29 is 15.0 Å². The van der Waals surface area contributed by atoms with E-state index in [4.69, 9.17) is 0 Å². The molecule has 1 aliphatic rings. The summed E-state index contributed by atoms with van der Waals surface area (Å²) in [4.78, 5) is 14.1. The van der Waals surface area contributed by atoms with Gasteiger partial charge in [-0.2, -0.15) is 0 Å². The summed E-state index contributed by atoms with van der Waals surface area (Å²) in [5.41, 5.74) is 0.605. The standard InChI is InChI=1S/C15H21NO3/c1-11-4-5-13(17)12(10-11)14(18)16-8-3-6-15(2,19)7-9-16/h4-5,10,17,19H,3,6-9H2,1-2H3. The molecule has 1 aromatic rings. The second-order valence-electron chi connectivity index (χ2n) is 5.66. The third-order valence-corrected chi connectivity index (χ3v) is 3.73. The first-order chi connectivity index (χ1) is 8.89. The molecule has 1 unspecified atom stereocenters. The van der Waals surface area contributed by atoms with Crippen LogP contribution in [0.2, 0.25) is 0 Å². The monoisotopic (exact) mass is 263 g/mol. The van der Waals surface area contributed by atoms with Crippen LogP contribution in [0.15, 0.2) is 18.2 Å². The van der Waals surface area contributed by atoms with Gasteiger partial charge in [0.05, 0.1) is 11.2 Å². The molecule has 2 rings (SSSR count). The number of carbonyl (C=O) groups excluding carboxylic acids is 1. The molecule has 1 fully saturated rings. The summed E-state index contributed by atoms with van der Waals surface area (Å²) in [6.07, 6.45) is 2.06. The van der Waals surface area contributed by atoms with Gasteiger partial charge < -0.3 is 15.1 Å². The molecule has 2 N–H and O–H groups in total. The van der Waals surface area contributed by atoms with E-state index in [0.717, 1.165) is 12.0 Å². The molecule has 1 atom stereocenters. The Bertz CT molecular complexity index is 482. The topological polar surface area (TPSA) is 60.8 Å². The third-order valence-electron chi connectivity index (χ3n) is 3.73. The molecule has 1 heterocycles. The van der Waals surface area contributed by atoms with Gasteiger partial charge in [-0.25, -0.2) is 0 Å². The number of hydrogen-bond acceptors (Lipinski definition) is 3. The van der Waals surface area contributed by atoms with E-state index in [-0.39, 0.29) is 11.7 Å². The first kappa shape index (κ1) is 13.9. The van der Waals surface area contributed by atoms with Gasteiger partial charge in [0.15, 0.2) is 0 Å². The Labute approximate surface area is 113 Å². The second kappa shape index (κ2) is 5.21. The summed E-state index contributed by atoms with van der Waals surface area (Å²) in [5, 5.41) is 19.8. The lowest BCUT2D eigenvalue weighted by atomic mass is 9.98. The van der Waals surface area contributed by atoms with Crippen LogP contribution >= 0.6 is 0 Å². The van der Waals surface area contributed by atoms with Gasteiger partial charge in [0, 0.05) is 13.1 Å². The van der Waals surface area contributed by atoms with E-state index < -0.39 is 5.60 Å². The summed E-state index contributed by atoms with van der Waals surface area (Å²) < 4.78 is 0. The molecule has 4 nitrogen and oxygen atoms in total. The highest BCUT2D eigenvalue weighted by Gasteiger charge is 2.28. The molecule has 1 aromatic carbocycles. The van der Waals surface area contributed by atoms with Gasteiger partial charge in [-0.15, -0.1) is 0 Å². The SMILES string of the molecule is Cc1ccc(O)c(C(=O)N2CCCC(C)(O)CC2)c1. The predicted molar refractivity (Wildman–Crippen MR) is 73.2 cm³/mol. The van der Waals surface area contributed by atoms with Crippen molar-refractivity contribution in [1.29, 1.82) is 0 Å². The van der Waals surface area contributed by atoms with Crippen LogP contribution in [0.25, 0.3) is 0 Å². The van der Waals surface area contributed by atoms with Crippen LogP contribution in [-0.4, -0.2) is 39.7 Å². The third kappa shape index (κ3) is 3.26. The largest absolute Gasteiger partial charge is 0.507 e. The Morgan fingerprint density at radius 1 is 1.32 bits per heavy atom. The molecule has 1 amide bonds. The predicted octanol–water partition coefficient (Wildman–Crippen LogP) is 2.08. The molecule has 1 saturated heterocycles. The van der Waals surface area contributed by atoms with Gasteiger partial charge in [0.2, 0.25) is 0 Å². The number of aliphatic hydroxyl groups is 1. The molecular formula is C15H21NO3. The van der Waals surface area contributed by atoms with Crippen LogP contribution in [-0.2, 0) is 0 Å². The fraction of sp³-hybridized carbons (Fsp3) is 0.533. The zero-order valence-electron chi connectivity index (χ0n) is 11.5. The average molecular weight is 263 g/mol. The van der Waals surface area contributed by atoms with Crippen molar-refractivity contribution in [2.24, 2.45) is 0 Å². The second-order valence-corrected chi connectivity index (χ2v) is 5.66. The molecular weight excluding hydrogens is 242 g/mol. The van der Waals surface area contributed by atoms with Gasteiger partial charge in [0.1, 0.15) is 5.75 Å². The number of phenols is 1. The normalized spacial score (nSPS) is 24.1. The zero-order chi connectivity index (χ0) is 14.0. The Morgan fingerprint density at radius 3 is 2.79 bits per heavy atom. The average Bonchev–Trinajstić information content (AvgIpc) is 2.52. The molecule has 104 valence electrons. The van der Waals surface area contributed by atoms with Gasteiger partial charge in [-0.3, -0.25) is 4.79 Å². The Balaban J connectivity index is 2.17. The summed E-state index contributed by atoms with van der Waals surface area (Å²) in [5.74, 6) is -0.134. The Hall–Kier alpha value is -1.55. The lowest BCUT2D eigenvalue weighted by Crippen LogP contribution is -2.33. The highest BCUT2D eigenvalue weighted by molar-refractivity contribution is 5.97. The molecule has 0 saturated carbocycles. The number of amides is 1. The molecule has 0 bridgehead atoms. The molecule has 4 heteroatoms. The zero-order valence-corrected chi connectivity index (χ0v) is 11.5. The number of hydrogen-bond donors (Lipinski definition) is 2. The minimum Gasteiger partial charge on any atom is -0.507 e. The van der Waals surface area contributed by atoms with Gasteiger partial charge in [0.25, 0.3) is 5.91 Å². The highest BCUT2D eigenvalue weighted by atomic mass is 16.3. The number of likely N-dealkylation sites (tertiary alicyclic amines) is 1. The molecule has 0 aromatic heterocycles. The van der Waals surface area contributed by atoms with Crippen LogP contribution < -0.4 is 0 Å². The number of phenolic OH excluding ortho intramolecular Hbond substituents is 1. The smallest absolute Gasteiger partial charge is 0.257 e. The maximum atomic E-state index is 12.4. The van der Waals surface area contributed by atoms with Crippen molar-refractivity contribution in [3.8, 4) is 5.75 Å². The lowest BCUT2D eigenvalue weighted by Gasteiger charge is -2.23. The summed E-state index contributed by atoms with van der Waals surface area (Å²) >= 11 is 0. The van der Waals surface area contributed by atoms with Gasteiger partial charge in [-0.05, 0) is 45.2 Å². The van der Waals surface area contributed by atoms with E-state index in [2.05, 4.69) is 0 Å². The highest BCUT2D eigenvalue weighted by Crippen LogP contribution is 2.25.